The van der Waals surface area contributed by atoms with Gasteiger partial charge in [-0.3, -0.25) is 4.79 Å². The summed E-state index contributed by atoms with van der Waals surface area (Å²) < 4.78 is 0. The summed E-state index contributed by atoms with van der Waals surface area (Å²) in [6.45, 7) is 2.16. The van der Waals surface area contributed by atoms with E-state index in [0.29, 0.717) is 18.3 Å². The first kappa shape index (κ1) is 20.2. The van der Waals surface area contributed by atoms with E-state index < -0.39 is 12.1 Å². The highest BCUT2D eigenvalue weighted by Crippen LogP contribution is 2.50. The van der Waals surface area contributed by atoms with Crippen molar-refractivity contribution in [3.05, 3.63) is 23.8 Å². The van der Waals surface area contributed by atoms with Gasteiger partial charge < -0.3 is 15.3 Å². The Balaban J connectivity index is 1.83. The lowest BCUT2D eigenvalue weighted by molar-refractivity contribution is -0.137. The van der Waals surface area contributed by atoms with E-state index in [-0.39, 0.29) is 18.4 Å². The van der Waals surface area contributed by atoms with Crippen molar-refractivity contribution in [1.29, 1.82) is 0 Å². The number of hydrogen-bond donors (Lipinski definition) is 3. The molecule has 0 unspecified atom stereocenters. The summed E-state index contributed by atoms with van der Waals surface area (Å²) >= 11 is 0. The zero-order valence-electron chi connectivity index (χ0n) is 15.4. The van der Waals surface area contributed by atoms with Gasteiger partial charge in [-0.15, -0.1) is 0 Å². The summed E-state index contributed by atoms with van der Waals surface area (Å²) in [6.07, 6.45) is 14.3. The number of carboxylic acids is 1. The summed E-state index contributed by atoms with van der Waals surface area (Å²) in [4.78, 5) is 10.6. The molecule has 0 bridgehead atoms. The van der Waals surface area contributed by atoms with Gasteiger partial charge in [-0.2, -0.15) is 0 Å². The monoisotopic (exact) mass is 350 g/mol. The molecule has 0 aromatic carbocycles. The SMILES string of the molecule is CCCCC[C@H](O)/C=C\[C@@H]1[C@H]2C/C(=C\CCCC(=O)O)C[C@H]2C[C@H]1O. The number of hydrogen-bond acceptors (Lipinski definition) is 3. The van der Waals surface area contributed by atoms with Crippen LogP contribution in [0.3, 0.4) is 0 Å². The first-order valence-corrected chi connectivity index (χ1v) is 9.95. The van der Waals surface area contributed by atoms with Crippen molar-refractivity contribution in [3.8, 4) is 0 Å². The Morgan fingerprint density at radius 1 is 1.28 bits per heavy atom. The topological polar surface area (TPSA) is 77.8 Å². The molecular formula is C21H34O4. The van der Waals surface area contributed by atoms with E-state index in [4.69, 9.17) is 5.11 Å². The molecule has 0 amide bonds. The van der Waals surface area contributed by atoms with Gasteiger partial charge in [0.1, 0.15) is 0 Å². The predicted molar refractivity (Wildman–Crippen MR) is 99.2 cm³/mol. The molecule has 0 saturated heterocycles. The van der Waals surface area contributed by atoms with Crippen LogP contribution in [-0.2, 0) is 4.79 Å². The Hall–Kier alpha value is -1.13. The molecule has 4 heteroatoms. The van der Waals surface area contributed by atoms with Crippen LogP contribution in [0, 0.1) is 17.8 Å². The van der Waals surface area contributed by atoms with E-state index in [0.717, 1.165) is 51.4 Å². The highest BCUT2D eigenvalue weighted by molar-refractivity contribution is 5.66. The maximum atomic E-state index is 10.6. The lowest BCUT2D eigenvalue weighted by atomic mass is 9.90. The van der Waals surface area contributed by atoms with Gasteiger partial charge in [-0.25, -0.2) is 0 Å². The maximum absolute atomic E-state index is 10.6. The standard InChI is InChI=1S/C21H34O4/c1-2-3-4-8-17(22)10-11-18-19-13-15(7-5-6-9-21(24)25)12-16(19)14-20(18)23/h7,10-11,16-20,22-23H,2-6,8-9,12-14H2,1H3,(H,24,25)/b11-10-,15-7-/t16-,17-,18+,19-,20+/m0/s1. The van der Waals surface area contributed by atoms with Gasteiger partial charge in [0.25, 0.3) is 0 Å². The average Bonchev–Trinajstić information content (AvgIpc) is 3.06. The smallest absolute Gasteiger partial charge is 0.303 e. The van der Waals surface area contributed by atoms with Gasteiger partial charge in [0.05, 0.1) is 12.2 Å². The van der Waals surface area contributed by atoms with Crippen LogP contribution in [0.25, 0.3) is 0 Å². The first-order valence-electron chi connectivity index (χ1n) is 9.95. The molecule has 0 radical (unpaired) electrons. The second-order valence-corrected chi connectivity index (χ2v) is 7.81. The summed E-state index contributed by atoms with van der Waals surface area (Å²) in [5.41, 5.74) is 1.43. The van der Waals surface area contributed by atoms with E-state index in [1.807, 2.05) is 6.08 Å². The zero-order valence-corrected chi connectivity index (χ0v) is 15.4. The van der Waals surface area contributed by atoms with Crippen LogP contribution >= 0.6 is 0 Å². The van der Waals surface area contributed by atoms with Gasteiger partial charge in [0.15, 0.2) is 0 Å². The number of carbonyl (C=O) groups is 1. The number of allylic oxidation sites excluding steroid dienone is 2. The number of carboxylic acid groups (broad SMARTS) is 1. The molecule has 0 aliphatic heterocycles. The maximum Gasteiger partial charge on any atom is 0.303 e. The van der Waals surface area contributed by atoms with Crippen molar-refractivity contribution in [1.82, 2.24) is 0 Å². The average molecular weight is 350 g/mol. The molecule has 0 aromatic heterocycles. The Kier molecular flexibility index (Phi) is 8.17. The fraction of sp³-hybridized carbons (Fsp3) is 0.762. The number of aliphatic hydroxyl groups excluding tert-OH is 2. The van der Waals surface area contributed by atoms with E-state index in [1.54, 1.807) is 0 Å². The van der Waals surface area contributed by atoms with Crippen LogP contribution in [0.15, 0.2) is 23.8 Å². The van der Waals surface area contributed by atoms with Gasteiger partial charge in [-0.1, -0.05) is 50.0 Å². The number of aliphatic carboxylic acids is 1. The Morgan fingerprint density at radius 2 is 2.08 bits per heavy atom. The molecule has 2 rings (SSSR count). The van der Waals surface area contributed by atoms with Crippen molar-refractivity contribution in [2.75, 3.05) is 0 Å². The molecule has 0 spiro atoms. The van der Waals surface area contributed by atoms with Crippen LogP contribution < -0.4 is 0 Å². The molecule has 2 saturated carbocycles. The Labute approximate surface area is 151 Å². The minimum absolute atomic E-state index is 0.149. The first-order chi connectivity index (χ1) is 12.0. The zero-order chi connectivity index (χ0) is 18.2. The molecule has 2 aliphatic carbocycles. The Bertz CT molecular complexity index is 482. The van der Waals surface area contributed by atoms with Gasteiger partial charge in [-0.05, 0) is 50.4 Å². The molecule has 4 nitrogen and oxygen atoms in total. The summed E-state index contributed by atoms with van der Waals surface area (Å²) in [6, 6.07) is 0. The van der Waals surface area contributed by atoms with Gasteiger partial charge in [0.2, 0.25) is 0 Å². The van der Waals surface area contributed by atoms with Crippen LogP contribution in [-0.4, -0.2) is 33.5 Å². The molecule has 25 heavy (non-hydrogen) atoms. The lowest BCUT2D eigenvalue weighted by Crippen LogP contribution is -2.17. The minimum Gasteiger partial charge on any atom is -0.481 e. The van der Waals surface area contributed by atoms with Gasteiger partial charge >= 0.3 is 5.97 Å². The summed E-state index contributed by atoms with van der Waals surface area (Å²) in [7, 11) is 0. The Morgan fingerprint density at radius 3 is 2.80 bits per heavy atom. The molecule has 0 aromatic rings. The normalized spacial score (nSPS) is 31.7. The lowest BCUT2D eigenvalue weighted by Gasteiger charge is -2.17. The van der Waals surface area contributed by atoms with E-state index in [2.05, 4.69) is 19.1 Å². The van der Waals surface area contributed by atoms with Crippen LogP contribution in [0.2, 0.25) is 0 Å². The van der Waals surface area contributed by atoms with Crippen LogP contribution in [0.4, 0.5) is 0 Å². The number of rotatable bonds is 10. The highest BCUT2D eigenvalue weighted by Gasteiger charge is 2.44. The highest BCUT2D eigenvalue weighted by atomic mass is 16.4. The second-order valence-electron chi connectivity index (χ2n) is 7.81. The molecular weight excluding hydrogens is 316 g/mol. The van der Waals surface area contributed by atoms with Crippen molar-refractivity contribution < 1.29 is 20.1 Å². The minimum atomic E-state index is -0.729. The second kappa shape index (κ2) is 10.1. The van der Waals surface area contributed by atoms with Crippen molar-refractivity contribution in [2.24, 2.45) is 17.8 Å². The molecule has 142 valence electrons. The molecule has 2 fully saturated rings. The third-order valence-electron chi connectivity index (χ3n) is 5.80. The molecule has 3 N–H and O–H groups in total. The van der Waals surface area contributed by atoms with E-state index in [9.17, 15) is 15.0 Å². The van der Waals surface area contributed by atoms with E-state index >= 15 is 0 Å². The summed E-state index contributed by atoms with van der Waals surface area (Å²) in [5, 5.41) is 29.1. The third-order valence-corrected chi connectivity index (χ3v) is 5.80. The third kappa shape index (κ3) is 6.27. The number of unbranched alkanes of at least 4 members (excludes halogenated alkanes) is 3. The van der Waals surface area contributed by atoms with Crippen molar-refractivity contribution >= 4 is 5.97 Å². The summed E-state index contributed by atoms with van der Waals surface area (Å²) in [5.74, 6) is 0.427. The quantitative estimate of drug-likeness (QED) is 0.410. The number of fused-ring (bicyclic) bond motifs is 1. The molecule has 5 atom stereocenters. The predicted octanol–water partition coefficient (Wildman–Crippen LogP) is 4.07. The largest absolute Gasteiger partial charge is 0.481 e. The van der Waals surface area contributed by atoms with Crippen LogP contribution in [0.5, 0.6) is 0 Å². The van der Waals surface area contributed by atoms with E-state index in [1.165, 1.54) is 5.57 Å². The van der Waals surface area contributed by atoms with Gasteiger partial charge in [0, 0.05) is 12.3 Å². The fourth-order valence-electron chi connectivity index (χ4n) is 4.46. The molecule has 0 heterocycles. The number of aliphatic hydroxyl groups is 2. The van der Waals surface area contributed by atoms with Crippen molar-refractivity contribution in [2.45, 2.75) is 83.3 Å². The van der Waals surface area contributed by atoms with Crippen molar-refractivity contribution in [3.63, 3.8) is 0 Å². The molecule has 2 aliphatic rings. The van der Waals surface area contributed by atoms with Crippen LogP contribution in [0.1, 0.15) is 71.1 Å². The fourth-order valence-corrected chi connectivity index (χ4v) is 4.46.